The molecule has 0 spiro atoms. The zero-order chi connectivity index (χ0) is 19.7. The van der Waals surface area contributed by atoms with E-state index in [1.165, 1.54) is 5.56 Å². The quantitative estimate of drug-likeness (QED) is 0.196. The number of thiazole rings is 1. The van der Waals surface area contributed by atoms with Gasteiger partial charge >= 0.3 is 0 Å². The Bertz CT molecular complexity index is 1030. The highest BCUT2D eigenvalue weighted by Gasteiger charge is 2.04. The third-order valence-electron chi connectivity index (χ3n) is 4.25. The van der Waals surface area contributed by atoms with Crippen LogP contribution in [0.4, 0.5) is 5.13 Å². The number of hydrogen-bond donors (Lipinski definition) is 1. The van der Waals surface area contributed by atoms with Crippen molar-refractivity contribution in [2.24, 2.45) is 5.10 Å². The van der Waals surface area contributed by atoms with Gasteiger partial charge in [-0.1, -0.05) is 36.4 Å². The van der Waals surface area contributed by atoms with Gasteiger partial charge in [0.1, 0.15) is 5.75 Å². The topological polar surface area (TPSA) is 46.5 Å². The van der Waals surface area contributed by atoms with Crippen LogP contribution in [-0.2, 0) is 6.42 Å². The number of anilines is 1. The van der Waals surface area contributed by atoms with Crippen molar-refractivity contribution in [2.45, 2.75) is 12.8 Å². The van der Waals surface area contributed by atoms with Crippen molar-refractivity contribution in [3.8, 4) is 16.3 Å². The molecular formula is C23H21N3OS2. The average molecular weight is 420 g/mol. The van der Waals surface area contributed by atoms with E-state index in [4.69, 9.17) is 4.74 Å². The smallest absolute Gasteiger partial charge is 0.203 e. The zero-order valence-electron chi connectivity index (χ0n) is 15.8. The molecule has 0 aliphatic carbocycles. The van der Waals surface area contributed by atoms with Crippen LogP contribution in [0.3, 0.4) is 0 Å². The van der Waals surface area contributed by atoms with E-state index in [1.54, 1.807) is 28.9 Å². The van der Waals surface area contributed by atoms with Crippen molar-refractivity contribution in [3.05, 3.63) is 88.6 Å². The number of hydrogen-bond acceptors (Lipinski definition) is 6. The van der Waals surface area contributed by atoms with Crippen LogP contribution in [0.1, 0.15) is 17.5 Å². The van der Waals surface area contributed by atoms with E-state index < -0.39 is 0 Å². The van der Waals surface area contributed by atoms with Crippen LogP contribution in [0.5, 0.6) is 5.75 Å². The maximum absolute atomic E-state index is 5.83. The standard InChI is InChI=1S/C23H21N3OS2/c1-2-6-18(7-3-1)8-4-14-27-20-12-10-19(11-13-20)16-24-26-23-25-21(17-29-23)22-9-5-15-28-22/h1-3,5-7,9-13,15-17H,4,8,14H2,(H,25,26)/b24-16-. The molecule has 4 nitrogen and oxygen atoms in total. The second-order valence-electron chi connectivity index (χ2n) is 6.39. The fraction of sp³-hybridized carbons (Fsp3) is 0.130. The Morgan fingerprint density at radius 2 is 1.83 bits per heavy atom. The summed E-state index contributed by atoms with van der Waals surface area (Å²) in [6, 6.07) is 22.5. The molecule has 0 atom stereocenters. The van der Waals surface area contributed by atoms with E-state index in [-0.39, 0.29) is 0 Å². The summed E-state index contributed by atoms with van der Waals surface area (Å²) in [5.74, 6) is 0.878. The lowest BCUT2D eigenvalue weighted by Gasteiger charge is -2.06. The molecule has 0 fully saturated rings. The molecule has 4 aromatic rings. The molecule has 0 unspecified atom stereocenters. The number of nitrogens with one attached hydrogen (secondary N) is 1. The van der Waals surface area contributed by atoms with Gasteiger partial charge in [0, 0.05) is 5.38 Å². The molecular weight excluding hydrogens is 398 g/mol. The predicted molar refractivity (Wildman–Crippen MR) is 123 cm³/mol. The summed E-state index contributed by atoms with van der Waals surface area (Å²) >= 11 is 3.23. The van der Waals surface area contributed by atoms with Crippen LogP contribution >= 0.6 is 22.7 Å². The van der Waals surface area contributed by atoms with Gasteiger partial charge in [-0.15, -0.1) is 22.7 Å². The maximum atomic E-state index is 5.83. The molecule has 6 heteroatoms. The summed E-state index contributed by atoms with van der Waals surface area (Å²) in [6.45, 7) is 0.709. The maximum Gasteiger partial charge on any atom is 0.203 e. The van der Waals surface area contributed by atoms with Crippen LogP contribution < -0.4 is 10.2 Å². The van der Waals surface area contributed by atoms with Gasteiger partial charge in [-0.3, -0.25) is 5.43 Å². The minimum absolute atomic E-state index is 0.709. The van der Waals surface area contributed by atoms with Crippen molar-refractivity contribution >= 4 is 34.0 Å². The summed E-state index contributed by atoms with van der Waals surface area (Å²) in [5, 5.41) is 9.15. The van der Waals surface area contributed by atoms with Gasteiger partial charge in [-0.25, -0.2) is 4.98 Å². The van der Waals surface area contributed by atoms with Crippen LogP contribution in [0.2, 0.25) is 0 Å². The van der Waals surface area contributed by atoms with E-state index in [9.17, 15) is 0 Å². The zero-order valence-corrected chi connectivity index (χ0v) is 17.5. The minimum Gasteiger partial charge on any atom is -0.494 e. The molecule has 2 aromatic heterocycles. The highest BCUT2D eigenvalue weighted by molar-refractivity contribution is 7.15. The van der Waals surface area contributed by atoms with Gasteiger partial charge in [0.15, 0.2) is 0 Å². The third kappa shape index (κ3) is 5.76. The lowest BCUT2D eigenvalue weighted by atomic mass is 10.1. The monoisotopic (exact) mass is 419 g/mol. The first-order valence-electron chi connectivity index (χ1n) is 9.42. The number of nitrogens with zero attached hydrogens (tertiary/aromatic N) is 2. The van der Waals surface area contributed by atoms with Crippen LogP contribution in [-0.4, -0.2) is 17.8 Å². The van der Waals surface area contributed by atoms with Gasteiger partial charge < -0.3 is 4.74 Å². The summed E-state index contributed by atoms with van der Waals surface area (Å²) < 4.78 is 5.83. The third-order valence-corrected chi connectivity index (χ3v) is 5.89. The Morgan fingerprint density at radius 3 is 2.62 bits per heavy atom. The summed E-state index contributed by atoms with van der Waals surface area (Å²) in [4.78, 5) is 5.71. The van der Waals surface area contributed by atoms with Crippen molar-refractivity contribution in [2.75, 3.05) is 12.0 Å². The Kier molecular flexibility index (Phi) is 6.68. The first-order chi connectivity index (χ1) is 14.4. The van der Waals surface area contributed by atoms with E-state index in [0.717, 1.165) is 39.9 Å². The predicted octanol–water partition coefficient (Wildman–Crippen LogP) is 6.33. The highest BCUT2D eigenvalue weighted by atomic mass is 32.1. The molecule has 2 aromatic carbocycles. The molecule has 0 aliphatic heterocycles. The van der Waals surface area contributed by atoms with Crippen molar-refractivity contribution < 1.29 is 4.74 Å². The first-order valence-corrected chi connectivity index (χ1v) is 11.2. The van der Waals surface area contributed by atoms with Crippen LogP contribution in [0.25, 0.3) is 10.6 Å². The van der Waals surface area contributed by atoms with E-state index >= 15 is 0 Å². The van der Waals surface area contributed by atoms with Gasteiger partial charge in [-0.05, 0) is 59.7 Å². The summed E-state index contributed by atoms with van der Waals surface area (Å²) in [6.07, 6.45) is 3.81. The highest BCUT2D eigenvalue weighted by Crippen LogP contribution is 2.28. The molecule has 29 heavy (non-hydrogen) atoms. The number of benzene rings is 2. The lowest BCUT2D eigenvalue weighted by Crippen LogP contribution is -1.99. The largest absolute Gasteiger partial charge is 0.494 e. The molecule has 2 heterocycles. The van der Waals surface area contributed by atoms with E-state index in [2.05, 4.69) is 51.2 Å². The second kappa shape index (κ2) is 10.0. The van der Waals surface area contributed by atoms with E-state index in [0.29, 0.717) is 6.61 Å². The molecule has 1 N–H and O–H groups in total. The van der Waals surface area contributed by atoms with Crippen molar-refractivity contribution in [3.63, 3.8) is 0 Å². The van der Waals surface area contributed by atoms with Gasteiger partial charge in [0.25, 0.3) is 0 Å². The van der Waals surface area contributed by atoms with Crippen LogP contribution in [0.15, 0.2) is 82.6 Å². The van der Waals surface area contributed by atoms with Crippen LogP contribution in [0, 0.1) is 0 Å². The summed E-state index contributed by atoms with van der Waals surface area (Å²) in [5.41, 5.74) is 6.33. The minimum atomic E-state index is 0.709. The normalized spacial score (nSPS) is 11.0. The average Bonchev–Trinajstić information content (AvgIpc) is 3.45. The number of aromatic nitrogens is 1. The Morgan fingerprint density at radius 1 is 0.966 bits per heavy atom. The SMILES string of the molecule is C(=N/Nc1nc(-c2cccs2)cs1)/c1ccc(OCCCc2ccccc2)cc1. The molecule has 0 aliphatic rings. The van der Waals surface area contributed by atoms with Gasteiger partial charge in [0.05, 0.1) is 23.4 Å². The Hall–Kier alpha value is -2.96. The van der Waals surface area contributed by atoms with Crippen molar-refractivity contribution in [1.82, 2.24) is 4.98 Å². The fourth-order valence-electron chi connectivity index (χ4n) is 2.79. The Balaban J connectivity index is 1.22. The molecule has 4 rings (SSSR count). The molecule has 0 bridgehead atoms. The number of aryl methyl sites for hydroxylation is 1. The molecule has 0 saturated heterocycles. The molecule has 0 saturated carbocycles. The fourth-order valence-corrected chi connectivity index (χ4v) is 4.21. The van der Waals surface area contributed by atoms with E-state index in [1.807, 2.05) is 41.8 Å². The molecule has 146 valence electrons. The summed E-state index contributed by atoms with van der Waals surface area (Å²) in [7, 11) is 0. The first kappa shape index (κ1) is 19.4. The van der Waals surface area contributed by atoms with Crippen molar-refractivity contribution in [1.29, 1.82) is 0 Å². The van der Waals surface area contributed by atoms with Gasteiger partial charge in [0.2, 0.25) is 5.13 Å². The number of rotatable bonds is 9. The Labute approximate surface area is 178 Å². The lowest BCUT2D eigenvalue weighted by molar-refractivity contribution is 0.311. The number of hydrazone groups is 1. The molecule has 0 amide bonds. The number of ether oxygens (including phenoxy) is 1. The molecule has 0 radical (unpaired) electrons. The number of thiophene rings is 1. The second-order valence-corrected chi connectivity index (χ2v) is 8.20. The van der Waals surface area contributed by atoms with Gasteiger partial charge in [-0.2, -0.15) is 5.10 Å².